The molecule has 0 saturated carbocycles. The van der Waals surface area contributed by atoms with Gasteiger partial charge in [0.05, 0.1) is 41.1 Å². The van der Waals surface area contributed by atoms with Gasteiger partial charge in [-0.05, 0) is 48.2 Å². The molecular weight excluding hydrogens is 560 g/mol. The summed E-state index contributed by atoms with van der Waals surface area (Å²) in [5.41, 5.74) is 4.32. The Morgan fingerprint density at radius 2 is 1.83 bits per heavy atom. The molecule has 1 aromatic heterocycles. The van der Waals surface area contributed by atoms with E-state index in [9.17, 15) is 9.59 Å². The van der Waals surface area contributed by atoms with Gasteiger partial charge in [0.15, 0.2) is 16.3 Å². The molecule has 1 aliphatic rings. The number of esters is 1. The lowest BCUT2D eigenvalue weighted by Gasteiger charge is -2.25. The van der Waals surface area contributed by atoms with Gasteiger partial charge >= 0.3 is 5.97 Å². The largest absolute Gasteiger partial charge is 0.493 e. The highest BCUT2D eigenvalue weighted by molar-refractivity contribution is 7.07. The number of ether oxygens (including phenoxy) is 3. The summed E-state index contributed by atoms with van der Waals surface area (Å²) < 4.78 is 18.7. The van der Waals surface area contributed by atoms with Crippen molar-refractivity contribution in [3.05, 3.63) is 125 Å². The number of fused-ring (bicyclic) bond motifs is 1. The van der Waals surface area contributed by atoms with E-state index in [0.29, 0.717) is 55.7 Å². The van der Waals surface area contributed by atoms with Crippen LogP contribution in [0.2, 0.25) is 5.02 Å². The number of rotatable bonds is 8. The minimum Gasteiger partial charge on any atom is -0.493 e. The number of aryl methyl sites for hydroxylation is 1. The van der Waals surface area contributed by atoms with Crippen LogP contribution in [0.25, 0.3) is 6.08 Å². The van der Waals surface area contributed by atoms with Gasteiger partial charge in [0.1, 0.15) is 6.61 Å². The van der Waals surface area contributed by atoms with Crippen LogP contribution >= 0.6 is 22.9 Å². The molecule has 3 aromatic carbocycles. The molecule has 41 heavy (non-hydrogen) atoms. The quantitative estimate of drug-likeness (QED) is 0.259. The summed E-state index contributed by atoms with van der Waals surface area (Å²) in [6, 6.07) is 20.3. The molecule has 1 aliphatic heterocycles. The van der Waals surface area contributed by atoms with E-state index in [1.54, 1.807) is 29.9 Å². The van der Waals surface area contributed by atoms with Crippen LogP contribution in [0.5, 0.6) is 11.5 Å². The molecule has 0 saturated heterocycles. The zero-order valence-electron chi connectivity index (χ0n) is 23.1. The van der Waals surface area contributed by atoms with E-state index in [4.69, 9.17) is 30.8 Å². The summed E-state index contributed by atoms with van der Waals surface area (Å²) in [5, 5.41) is 0.360. The zero-order valence-corrected chi connectivity index (χ0v) is 24.7. The summed E-state index contributed by atoms with van der Waals surface area (Å²) >= 11 is 7.90. The number of carbonyl (C=O) groups is 1. The van der Waals surface area contributed by atoms with Crippen molar-refractivity contribution in [3.8, 4) is 11.5 Å². The smallest absolute Gasteiger partial charge is 0.338 e. The number of thiazole rings is 1. The fourth-order valence-corrected chi connectivity index (χ4v) is 6.06. The second-order valence-electron chi connectivity index (χ2n) is 9.51. The van der Waals surface area contributed by atoms with E-state index in [0.717, 1.165) is 11.1 Å². The molecule has 0 radical (unpaired) electrons. The minimum absolute atomic E-state index is 0.269. The van der Waals surface area contributed by atoms with Crippen LogP contribution in [0.3, 0.4) is 0 Å². The Morgan fingerprint density at radius 1 is 1.10 bits per heavy atom. The van der Waals surface area contributed by atoms with Crippen molar-refractivity contribution in [1.29, 1.82) is 0 Å². The van der Waals surface area contributed by atoms with Gasteiger partial charge in [-0.1, -0.05) is 90.0 Å². The van der Waals surface area contributed by atoms with Gasteiger partial charge in [0.2, 0.25) is 0 Å². The lowest BCUT2D eigenvalue weighted by atomic mass is 9.95. The van der Waals surface area contributed by atoms with Crippen LogP contribution in [-0.4, -0.2) is 24.8 Å². The minimum atomic E-state index is -0.660. The first-order valence-electron chi connectivity index (χ1n) is 13.1. The molecule has 9 heteroatoms. The fourth-order valence-electron chi connectivity index (χ4n) is 4.77. The highest BCUT2D eigenvalue weighted by Crippen LogP contribution is 2.37. The van der Waals surface area contributed by atoms with Crippen molar-refractivity contribution in [2.24, 2.45) is 4.99 Å². The number of hydrogen-bond acceptors (Lipinski definition) is 7. The van der Waals surface area contributed by atoms with Gasteiger partial charge in [-0.3, -0.25) is 9.36 Å². The van der Waals surface area contributed by atoms with Gasteiger partial charge in [0.25, 0.3) is 5.56 Å². The average Bonchev–Trinajstić information content (AvgIpc) is 3.30. The highest BCUT2D eigenvalue weighted by atomic mass is 35.5. The third-order valence-corrected chi connectivity index (χ3v) is 8.08. The molecule has 0 unspecified atom stereocenters. The number of methoxy groups -OCH3 is 2. The molecule has 0 spiro atoms. The van der Waals surface area contributed by atoms with Gasteiger partial charge in [0, 0.05) is 0 Å². The maximum absolute atomic E-state index is 13.9. The molecular formula is C32H29ClN2O5S. The third kappa shape index (κ3) is 5.71. The summed E-state index contributed by atoms with van der Waals surface area (Å²) in [7, 11) is 2.88. The maximum Gasteiger partial charge on any atom is 0.338 e. The number of aromatic nitrogens is 1. The first-order chi connectivity index (χ1) is 19.8. The zero-order chi connectivity index (χ0) is 29.1. The number of hydrogen-bond donors (Lipinski definition) is 0. The predicted octanol–water partition coefficient (Wildman–Crippen LogP) is 5.35. The molecule has 2 heterocycles. The van der Waals surface area contributed by atoms with Gasteiger partial charge in [-0.15, -0.1) is 0 Å². The highest BCUT2D eigenvalue weighted by Gasteiger charge is 2.33. The van der Waals surface area contributed by atoms with Gasteiger partial charge in [-0.25, -0.2) is 9.79 Å². The molecule has 0 fully saturated rings. The Labute approximate surface area is 246 Å². The van der Waals surface area contributed by atoms with Gasteiger partial charge < -0.3 is 14.2 Å². The SMILES string of the molecule is CCC1=C(C(=O)OC)[C@@H](c2ccccc2)n2c(s/c(=C\c3cc(Cl)c(OCc4ccc(C)cc4)c(OC)c3)c2=O)=N1. The molecule has 0 aliphatic carbocycles. The standard InChI is InChI=1S/C32H29ClN2O5S/c1-5-24-27(31(37)39-4)28(22-9-7-6-8-10-22)35-30(36)26(41-32(35)34-24)17-21-15-23(33)29(25(16-21)38-3)40-18-20-13-11-19(2)12-14-20/h6-17,28H,5,18H2,1-4H3/b26-17-/t28-/m1/s1. The van der Waals surface area contributed by atoms with Crippen LogP contribution in [0.15, 0.2) is 87.8 Å². The number of allylic oxidation sites excluding steroid dienone is 1. The topological polar surface area (TPSA) is 79.1 Å². The number of benzene rings is 3. The second kappa shape index (κ2) is 12.2. The Kier molecular flexibility index (Phi) is 8.42. The molecule has 210 valence electrons. The maximum atomic E-state index is 13.9. The van der Waals surface area contributed by atoms with Crippen LogP contribution < -0.4 is 24.4 Å². The average molecular weight is 589 g/mol. The van der Waals surface area contributed by atoms with E-state index in [2.05, 4.69) is 0 Å². The van der Waals surface area contributed by atoms with E-state index in [1.807, 2.05) is 68.4 Å². The molecule has 5 rings (SSSR count). The van der Waals surface area contributed by atoms with E-state index >= 15 is 0 Å². The van der Waals surface area contributed by atoms with Gasteiger partial charge in [-0.2, -0.15) is 0 Å². The molecule has 0 N–H and O–H groups in total. The molecule has 4 aromatic rings. The third-order valence-electron chi connectivity index (χ3n) is 6.82. The summed E-state index contributed by atoms with van der Waals surface area (Å²) in [6.45, 7) is 4.29. The summed E-state index contributed by atoms with van der Waals surface area (Å²) in [4.78, 5) is 32.0. The fraction of sp³-hybridized carbons (Fsp3) is 0.219. The first-order valence-corrected chi connectivity index (χ1v) is 14.3. The van der Waals surface area contributed by atoms with Crippen molar-refractivity contribution in [1.82, 2.24) is 4.57 Å². The normalized spacial score (nSPS) is 14.9. The van der Waals surface area contributed by atoms with Crippen molar-refractivity contribution >= 4 is 35.0 Å². The van der Waals surface area contributed by atoms with Crippen molar-refractivity contribution in [2.45, 2.75) is 32.9 Å². The lowest BCUT2D eigenvalue weighted by molar-refractivity contribution is -0.136. The van der Waals surface area contributed by atoms with Crippen molar-refractivity contribution in [3.63, 3.8) is 0 Å². The lowest BCUT2D eigenvalue weighted by Crippen LogP contribution is -2.40. The number of halogens is 1. The first kappa shape index (κ1) is 28.4. The Hall–Kier alpha value is -4.14. The number of carbonyl (C=O) groups excluding carboxylic acids is 1. The summed E-state index contributed by atoms with van der Waals surface area (Å²) in [5.74, 6) is 0.367. The van der Waals surface area contributed by atoms with E-state index < -0.39 is 12.0 Å². The van der Waals surface area contributed by atoms with E-state index in [1.165, 1.54) is 24.0 Å². The summed E-state index contributed by atoms with van der Waals surface area (Å²) in [6.07, 6.45) is 2.26. The second-order valence-corrected chi connectivity index (χ2v) is 10.9. The van der Waals surface area contributed by atoms with E-state index in [-0.39, 0.29) is 5.56 Å². The Morgan fingerprint density at radius 3 is 2.49 bits per heavy atom. The molecule has 0 amide bonds. The Bertz CT molecular complexity index is 1810. The number of nitrogens with zero attached hydrogens (tertiary/aromatic N) is 2. The predicted molar refractivity (Wildman–Crippen MR) is 160 cm³/mol. The molecule has 7 nitrogen and oxygen atoms in total. The van der Waals surface area contributed by atoms with Crippen LogP contribution in [0.1, 0.15) is 41.6 Å². The van der Waals surface area contributed by atoms with Crippen molar-refractivity contribution in [2.75, 3.05) is 14.2 Å². The molecule has 0 bridgehead atoms. The van der Waals surface area contributed by atoms with Crippen molar-refractivity contribution < 1.29 is 19.0 Å². The van der Waals surface area contributed by atoms with Crippen LogP contribution in [0.4, 0.5) is 0 Å². The monoisotopic (exact) mass is 588 g/mol. The molecule has 1 atom stereocenters. The van der Waals surface area contributed by atoms with Crippen LogP contribution in [-0.2, 0) is 16.1 Å². The van der Waals surface area contributed by atoms with Crippen LogP contribution in [0, 0.1) is 6.92 Å². The Balaban J connectivity index is 1.58.